The Balaban J connectivity index is 1.83. The van der Waals surface area contributed by atoms with Gasteiger partial charge in [0.2, 0.25) is 0 Å². The van der Waals surface area contributed by atoms with Gasteiger partial charge in [-0.1, -0.05) is 6.92 Å². The van der Waals surface area contributed by atoms with Crippen molar-refractivity contribution in [2.75, 3.05) is 5.73 Å². The van der Waals surface area contributed by atoms with Crippen molar-refractivity contribution in [3.8, 4) is 11.4 Å². The van der Waals surface area contributed by atoms with E-state index in [0.717, 1.165) is 12.5 Å². The van der Waals surface area contributed by atoms with E-state index in [-0.39, 0.29) is 5.56 Å². The normalized spacial score (nSPS) is 22.2. The molecule has 2 heterocycles. The predicted octanol–water partition coefficient (Wildman–Crippen LogP) is 1.26. The minimum atomic E-state index is -0.189. The standard InChI is InChI=1S/C13H17N5O/c1-8-2-9(3-8)6-18-12(14)4-11(17-18)10-5-13(19)16-7-15-10/h4-5,7-9H,2-3,6,14H2,1H3,(H,15,16,19). The maximum absolute atomic E-state index is 11.3. The van der Waals surface area contributed by atoms with Gasteiger partial charge in [0.05, 0.1) is 12.0 Å². The molecular weight excluding hydrogens is 242 g/mol. The monoisotopic (exact) mass is 259 g/mol. The number of hydrogen-bond acceptors (Lipinski definition) is 4. The number of aromatic nitrogens is 4. The summed E-state index contributed by atoms with van der Waals surface area (Å²) in [5, 5.41) is 4.44. The number of nitrogen functional groups attached to an aromatic ring is 1. The Morgan fingerprint density at radius 2 is 2.21 bits per heavy atom. The topological polar surface area (TPSA) is 89.6 Å². The van der Waals surface area contributed by atoms with Crippen molar-refractivity contribution in [1.29, 1.82) is 0 Å². The number of anilines is 1. The molecule has 0 unspecified atom stereocenters. The summed E-state index contributed by atoms with van der Waals surface area (Å²) in [6, 6.07) is 3.20. The molecule has 0 aliphatic heterocycles. The number of nitrogens with one attached hydrogen (secondary N) is 1. The summed E-state index contributed by atoms with van der Waals surface area (Å²) < 4.78 is 1.81. The second-order valence-corrected chi connectivity index (χ2v) is 5.38. The minimum Gasteiger partial charge on any atom is -0.384 e. The van der Waals surface area contributed by atoms with E-state index in [1.165, 1.54) is 25.2 Å². The third-order valence-corrected chi connectivity index (χ3v) is 3.65. The van der Waals surface area contributed by atoms with Crippen LogP contribution in [0.3, 0.4) is 0 Å². The van der Waals surface area contributed by atoms with E-state index in [4.69, 9.17) is 5.73 Å². The molecule has 0 saturated heterocycles. The number of aromatic amines is 1. The molecule has 0 bridgehead atoms. The van der Waals surface area contributed by atoms with Crippen LogP contribution < -0.4 is 11.3 Å². The Morgan fingerprint density at radius 3 is 2.89 bits per heavy atom. The smallest absolute Gasteiger partial charge is 0.251 e. The van der Waals surface area contributed by atoms with E-state index in [1.54, 1.807) is 6.07 Å². The van der Waals surface area contributed by atoms with E-state index in [1.807, 2.05) is 4.68 Å². The largest absolute Gasteiger partial charge is 0.384 e. The van der Waals surface area contributed by atoms with E-state index in [0.29, 0.717) is 23.1 Å². The molecule has 0 amide bonds. The Morgan fingerprint density at radius 1 is 1.42 bits per heavy atom. The van der Waals surface area contributed by atoms with Gasteiger partial charge in [0.15, 0.2) is 0 Å². The molecule has 0 aromatic carbocycles. The van der Waals surface area contributed by atoms with Crippen LogP contribution in [0.25, 0.3) is 11.4 Å². The zero-order valence-electron chi connectivity index (χ0n) is 10.8. The highest BCUT2D eigenvalue weighted by Crippen LogP contribution is 2.34. The zero-order valence-corrected chi connectivity index (χ0v) is 10.8. The molecule has 0 atom stereocenters. The molecule has 3 rings (SSSR count). The summed E-state index contributed by atoms with van der Waals surface area (Å²) in [6.45, 7) is 3.11. The number of hydrogen-bond donors (Lipinski definition) is 2. The lowest BCUT2D eigenvalue weighted by Gasteiger charge is -2.32. The molecule has 0 spiro atoms. The number of nitrogens with zero attached hydrogens (tertiary/aromatic N) is 3. The number of nitrogens with two attached hydrogens (primary N) is 1. The van der Waals surface area contributed by atoms with Crippen LogP contribution >= 0.6 is 0 Å². The van der Waals surface area contributed by atoms with E-state index in [9.17, 15) is 4.79 Å². The molecule has 3 N–H and O–H groups in total. The Hall–Kier alpha value is -2.11. The van der Waals surface area contributed by atoms with Gasteiger partial charge in [0.25, 0.3) is 5.56 Å². The van der Waals surface area contributed by atoms with Crippen LogP contribution in [0.4, 0.5) is 5.82 Å². The average molecular weight is 259 g/mol. The highest BCUT2D eigenvalue weighted by atomic mass is 16.1. The van der Waals surface area contributed by atoms with E-state index in [2.05, 4.69) is 22.0 Å². The summed E-state index contributed by atoms with van der Waals surface area (Å²) >= 11 is 0. The maximum atomic E-state index is 11.3. The molecule has 100 valence electrons. The van der Waals surface area contributed by atoms with Crippen LogP contribution in [0, 0.1) is 11.8 Å². The van der Waals surface area contributed by atoms with Gasteiger partial charge in [-0.15, -0.1) is 0 Å². The molecule has 2 aromatic heterocycles. The van der Waals surface area contributed by atoms with E-state index < -0.39 is 0 Å². The molecule has 0 radical (unpaired) electrons. The lowest BCUT2D eigenvalue weighted by atomic mass is 9.76. The van der Waals surface area contributed by atoms with Crippen LogP contribution in [0.15, 0.2) is 23.3 Å². The van der Waals surface area contributed by atoms with E-state index >= 15 is 0 Å². The van der Waals surface area contributed by atoms with Gasteiger partial charge in [-0.3, -0.25) is 4.79 Å². The summed E-state index contributed by atoms with van der Waals surface area (Å²) in [7, 11) is 0. The van der Waals surface area contributed by atoms with Gasteiger partial charge < -0.3 is 10.7 Å². The Labute approximate surface area is 110 Å². The van der Waals surface area contributed by atoms with Gasteiger partial charge >= 0.3 is 0 Å². The molecule has 6 nitrogen and oxygen atoms in total. The summed E-state index contributed by atoms with van der Waals surface area (Å²) in [5.41, 5.74) is 6.98. The van der Waals surface area contributed by atoms with Crippen molar-refractivity contribution < 1.29 is 0 Å². The molecule has 2 aromatic rings. The fraction of sp³-hybridized carbons (Fsp3) is 0.462. The third kappa shape index (κ3) is 2.38. The van der Waals surface area contributed by atoms with Crippen LogP contribution in [0.2, 0.25) is 0 Å². The van der Waals surface area contributed by atoms with Crippen LogP contribution in [0.1, 0.15) is 19.8 Å². The van der Waals surface area contributed by atoms with Crippen LogP contribution in [0.5, 0.6) is 0 Å². The molecule has 19 heavy (non-hydrogen) atoms. The zero-order chi connectivity index (χ0) is 13.4. The van der Waals surface area contributed by atoms with Gasteiger partial charge in [-0.05, 0) is 24.7 Å². The van der Waals surface area contributed by atoms with Gasteiger partial charge in [0.1, 0.15) is 11.5 Å². The molecule has 1 fully saturated rings. The number of rotatable bonds is 3. The average Bonchev–Trinajstić information content (AvgIpc) is 2.69. The fourth-order valence-corrected chi connectivity index (χ4v) is 2.67. The fourth-order valence-electron chi connectivity index (χ4n) is 2.67. The summed E-state index contributed by atoms with van der Waals surface area (Å²) in [5.74, 6) is 2.10. The van der Waals surface area contributed by atoms with Gasteiger partial charge in [0, 0.05) is 18.7 Å². The molecule has 1 aliphatic rings. The molecular formula is C13H17N5O. The first-order valence-corrected chi connectivity index (χ1v) is 6.50. The Bertz CT molecular complexity index is 638. The predicted molar refractivity (Wildman–Crippen MR) is 72.4 cm³/mol. The minimum absolute atomic E-state index is 0.189. The summed E-state index contributed by atoms with van der Waals surface area (Å²) in [6.07, 6.45) is 3.84. The maximum Gasteiger partial charge on any atom is 0.251 e. The second kappa shape index (κ2) is 4.53. The molecule has 1 saturated carbocycles. The quantitative estimate of drug-likeness (QED) is 0.868. The lowest BCUT2D eigenvalue weighted by Crippen LogP contribution is -2.26. The highest BCUT2D eigenvalue weighted by molar-refractivity contribution is 5.57. The van der Waals surface area contributed by atoms with Crippen molar-refractivity contribution in [1.82, 2.24) is 19.7 Å². The van der Waals surface area contributed by atoms with Crippen LogP contribution in [-0.4, -0.2) is 19.7 Å². The van der Waals surface area contributed by atoms with Crippen molar-refractivity contribution in [2.45, 2.75) is 26.3 Å². The van der Waals surface area contributed by atoms with Gasteiger partial charge in [-0.2, -0.15) is 5.10 Å². The van der Waals surface area contributed by atoms with Crippen molar-refractivity contribution in [3.05, 3.63) is 28.8 Å². The lowest BCUT2D eigenvalue weighted by molar-refractivity contribution is 0.183. The van der Waals surface area contributed by atoms with Gasteiger partial charge in [-0.25, -0.2) is 9.67 Å². The van der Waals surface area contributed by atoms with Crippen molar-refractivity contribution in [2.24, 2.45) is 11.8 Å². The van der Waals surface area contributed by atoms with Crippen molar-refractivity contribution >= 4 is 5.82 Å². The van der Waals surface area contributed by atoms with Crippen LogP contribution in [-0.2, 0) is 6.54 Å². The summed E-state index contributed by atoms with van der Waals surface area (Å²) in [4.78, 5) is 17.9. The third-order valence-electron chi connectivity index (χ3n) is 3.65. The second-order valence-electron chi connectivity index (χ2n) is 5.38. The van der Waals surface area contributed by atoms with Crippen molar-refractivity contribution in [3.63, 3.8) is 0 Å². The first-order valence-electron chi connectivity index (χ1n) is 6.50. The SMILES string of the molecule is CC1CC(Cn2nc(-c3cc(=O)[nH]cn3)cc2N)C1. The number of H-pyrrole nitrogens is 1. The first kappa shape index (κ1) is 12.0. The first-order chi connectivity index (χ1) is 9.11. The Kier molecular flexibility index (Phi) is 2.85. The highest BCUT2D eigenvalue weighted by Gasteiger charge is 2.26. The molecule has 6 heteroatoms. The molecule has 1 aliphatic carbocycles.